The van der Waals surface area contributed by atoms with Crippen molar-refractivity contribution < 1.29 is 19.4 Å². The molecule has 0 aliphatic heterocycles. The second kappa shape index (κ2) is 7.58. The maximum absolute atomic E-state index is 13.3. The zero-order chi connectivity index (χ0) is 19.4. The standard InChI is InChI=1S/C21H16N2O4/c1-26-19-11-17(21(27-2)16-10-6-4-8-14(16)19)20(25)15-9-5-3-7-13(15)18(24)12-23-22/h3-12H,1-2H3/p+1/b18-12-. The molecule has 3 aromatic rings. The van der Waals surface area contributed by atoms with E-state index in [1.165, 1.54) is 14.2 Å². The number of aliphatic hydroxyl groups excluding tert-OH is 1. The van der Waals surface area contributed by atoms with Crippen molar-refractivity contribution in [1.82, 2.24) is 0 Å². The third-order valence-corrected chi connectivity index (χ3v) is 4.25. The van der Waals surface area contributed by atoms with E-state index in [-0.39, 0.29) is 22.7 Å². The lowest BCUT2D eigenvalue weighted by Crippen LogP contribution is -2.08. The number of benzene rings is 3. The Labute approximate surface area is 155 Å². The van der Waals surface area contributed by atoms with Crippen LogP contribution >= 0.6 is 0 Å². The summed E-state index contributed by atoms with van der Waals surface area (Å²) in [5.74, 6) is 0.274. The van der Waals surface area contributed by atoms with E-state index < -0.39 is 0 Å². The minimum Gasteiger partial charge on any atom is -0.501 e. The van der Waals surface area contributed by atoms with Gasteiger partial charge in [-0.25, -0.2) is 0 Å². The van der Waals surface area contributed by atoms with Gasteiger partial charge in [0.1, 0.15) is 11.5 Å². The summed E-state index contributed by atoms with van der Waals surface area (Å²) in [6.07, 6.45) is 0.865. The molecule has 0 unspecified atom stereocenters. The molecule has 134 valence electrons. The zero-order valence-electron chi connectivity index (χ0n) is 14.8. The normalized spacial score (nSPS) is 11.1. The number of ether oxygens (including phenoxy) is 2. The highest BCUT2D eigenvalue weighted by Gasteiger charge is 2.23. The first-order valence-electron chi connectivity index (χ1n) is 8.13. The van der Waals surface area contributed by atoms with E-state index in [0.29, 0.717) is 17.1 Å². The van der Waals surface area contributed by atoms with E-state index in [1.807, 2.05) is 24.3 Å². The summed E-state index contributed by atoms with van der Waals surface area (Å²) >= 11 is 0. The average Bonchev–Trinajstić information content (AvgIpc) is 2.72. The van der Waals surface area contributed by atoms with E-state index in [0.717, 1.165) is 17.0 Å². The molecule has 0 spiro atoms. The maximum atomic E-state index is 13.3. The molecule has 3 rings (SSSR count). The maximum Gasteiger partial charge on any atom is 0.392 e. The number of hydrogen-bond acceptors (Lipinski definition) is 5. The van der Waals surface area contributed by atoms with Crippen molar-refractivity contribution in [3.63, 3.8) is 0 Å². The molecule has 6 nitrogen and oxygen atoms in total. The van der Waals surface area contributed by atoms with Crippen LogP contribution in [0.1, 0.15) is 21.5 Å². The molecular formula is C21H17N2O4+. The Morgan fingerprint density at radius 1 is 0.963 bits per heavy atom. The first-order valence-corrected chi connectivity index (χ1v) is 8.13. The second-order valence-electron chi connectivity index (χ2n) is 5.71. The largest absolute Gasteiger partial charge is 0.501 e. The van der Waals surface area contributed by atoms with Gasteiger partial charge in [-0.15, -0.1) is 0 Å². The molecule has 1 N–H and O–H groups in total. The molecule has 0 fully saturated rings. The molecule has 0 atom stereocenters. The topological polar surface area (TPSA) is 83.9 Å². The summed E-state index contributed by atoms with van der Waals surface area (Å²) in [5.41, 5.74) is 0.786. The van der Waals surface area contributed by atoms with Crippen LogP contribution in [0.25, 0.3) is 21.5 Å². The van der Waals surface area contributed by atoms with Crippen LogP contribution in [0, 0.1) is 5.39 Å². The number of carbonyl (C=O) groups excluding carboxylic acids is 1. The number of nitrogens with zero attached hydrogens (tertiary/aromatic N) is 2. The molecular weight excluding hydrogens is 344 g/mol. The summed E-state index contributed by atoms with van der Waals surface area (Å²) in [6.45, 7) is 0. The lowest BCUT2D eigenvalue weighted by molar-refractivity contribution is 0.103. The van der Waals surface area contributed by atoms with Crippen LogP contribution in [0.15, 0.2) is 60.8 Å². The van der Waals surface area contributed by atoms with Gasteiger partial charge in [-0.3, -0.25) is 4.79 Å². The van der Waals surface area contributed by atoms with Gasteiger partial charge in [0.05, 0.1) is 19.8 Å². The van der Waals surface area contributed by atoms with Crippen molar-refractivity contribution in [3.8, 4) is 11.5 Å². The Morgan fingerprint density at radius 3 is 2.22 bits per heavy atom. The van der Waals surface area contributed by atoms with Crippen molar-refractivity contribution in [3.05, 3.63) is 82.5 Å². The number of ketones is 1. The molecule has 0 aliphatic rings. The summed E-state index contributed by atoms with van der Waals surface area (Å²) in [4.78, 5) is 16.1. The van der Waals surface area contributed by atoms with Crippen LogP contribution in [0.3, 0.4) is 0 Å². The van der Waals surface area contributed by atoms with E-state index in [4.69, 9.17) is 14.9 Å². The Balaban J connectivity index is 2.27. The van der Waals surface area contributed by atoms with Crippen LogP contribution in [0.5, 0.6) is 11.5 Å². The van der Waals surface area contributed by atoms with Crippen LogP contribution in [-0.2, 0) is 0 Å². The number of methoxy groups -OCH3 is 2. The smallest absolute Gasteiger partial charge is 0.392 e. The van der Waals surface area contributed by atoms with Gasteiger partial charge in [-0.2, -0.15) is 0 Å². The number of diazo groups is 1. The lowest BCUT2D eigenvalue weighted by Gasteiger charge is -2.15. The lowest BCUT2D eigenvalue weighted by atomic mass is 9.94. The minimum absolute atomic E-state index is 0.241. The fraction of sp³-hybridized carbons (Fsp3) is 0.0952. The first-order chi connectivity index (χ1) is 13.1. The molecule has 3 aromatic carbocycles. The Morgan fingerprint density at radius 2 is 1.59 bits per heavy atom. The highest BCUT2D eigenvalue weighted by molar-refractivity contribution is 6.16. The first kappa shape index (κ1) is 18.0. The third-order valence-electron chi connectivity index (χ3n) is 4.25. The molecule has 0 saturated carbocycles. The van der Waals surface area contributed by atoms with Crippen LogP contribution in [0.2, 0.25) is 0 Å². The fourth-order valence-electron chi connectivity index (χ4n) is 3.05. The monoisotopic (exact) mass is 361 g/mol. The molecule has 0 saturated heterocycles. The summed E-state index contributed by atoms with van der Waals surface area (Å²) in [5, 5.41) is 20.3. The van der Waals surface area contributed by atoms with E-state index in [2.05, 4.69) is 4.98 Å². The van der Waals surface area contributed by atoms with Gasteiger partial charge in [0.15, 0.2) is 10.8 Å². The minimum atomic E-state index is -0.357. The molecule has 6 heteroatoms. The highest BCUT2D eigenvalue weighted by Crippen LogP contribution is 2.38. The number of aliphatic hydroxyl groups is 1. The quantitative estimate of drug-likeness (QED) is 0.401. The summed E-state index contributed by atoms with van der Waals surface area (Å²) in [6, 6.07) is 15.6. The number of fused-ring (bicyclic) bond motifs is 1. The van der Waals surface area contributed by atoms with Crippen molar-refractivity contribution >= 4 is 22.3 Å². The van der Waals surface area contributed by atoms with Gasteiger partial charge in [0.2, 0.25) is 11.2 Å². The van der Waals surface area contributed by atoms with Crippen molar-refractivity contribution in [2.45, 2.75) is 0 Å². The highest BCUT2D eigenvalue weighted by atomic mass is 16.5. The van der Waals surface area contributed by atoms with Crippen LogP contribution in [0.4, 0.5) is 0 Å². The molecule has 0 aliphatic carbocycles. The molecule has 0 heterocycles. The van der Waals surface area contributed by atoms with E-state index in [1.54, 1.807) is 30.3 Å². The number of carbonyl (C=O) groups is 1. The molecule has 0 aromatic heterocycles. The Kier molecular flexibility index (Phi) is 5.04. The molecule has 27 heavy (non-hydrogen) atoms. The molecule has 0 bridgehead atoms. The van der Waals surface area contributed by atoms with Gasteiger partial charge in [0, 0.05) is 21.9 Å². The van der Waals surface area contributed by atoms with Gasteiger partial charge in [-0.05, 0) is 6.07 Å². The predicted molar refractivity (Wildman–Crippen MR) is 103 cm³/mol. The van der Waals surface area contributed by atoms with Gasteiger partial charge in [-0.1, -0.05) is 48.5 Å². The SMILES string of the molecule is COc1cc(C(=O)c2ccccc2/C(O)=C/[N+]#N)c(OC)c2ccccc12. The fourth-order valence-corrected chi connectivity index (χ4v) is 3.05. The van der Waals surface area contributed by atoms with Gasteiger partial charge in [0.25, 0.3) is 0 Å². The summed E-state index contributed by atoms with van der Waals surface area (Å²) < 4.78 is 11.0. The van der Waals surface area contributed by atoms with E-state index >= 15 is 0 Å². The van der Waals surface area contributed by atoms with Crippen molar-refractivity contribution in [2.75, 3.05) is 14.2 Å². The Hall–Kier alpha value is -3.85. The van der Waals surface area contributed by atoms with Crippen molar-refractivity contribution in [2.24, 2.45) is 0 Å². The van der Waals surface area contributed by atoms with Gasteiger partial charge >= 0.3 is 6.20 Å². The number of hydrogen-bond donors (Lipinski definition) is 1. The number of rotatable bonds is 5. The average molecular weight is 361 g/mol. The summed E-state index contributed by atoms with van der Waals surface area (Å²) in [7, 11) is 3.03. The van der Waals surface area contributed by atoms with Gasteiger partial charge < -0.3 is 14.6 Å². The Bertz CT molecular complexity index is 1100. The second-order valence-corrected chi connectivity index (χ2v) is 5.71. The molecule has 0 amide bonds. The predicted octanol–water partition coefficient (Wildman–Crippen LogP) is 4.80. The van der Waals surface area contributed by atoms with Crippen molar-refractivity contribution in [1.29, 1.82) is 5.39 Å². The zero-order valence-corrected chi connectivity index (χ0v) is 14.8. The molecule has 0 radical (unpaired) electrons. The van der Waals surface area contributed by atoms with Crippen LogP contribution < -0.4 is 9.47 Å². The van der Waals surface area contributed by atoms with Crippen LogP contribution in [-0.4, -0.2) is 25.1 Å². The third kappa shape index (κ3) is 3.18. The van der Waals surface area contributed by atoms with E-state index in [9.17, 15) is 9.90 Å².